The lowest BCUT2D eigenvalue weighted by atomic mass is 9.81. The van der Waals surface area contributed by atoms with Gasteiger partial charge in [0.15, 0.2) is 17.3 Å². The Morgan fingerprint density at radius 3 is 2.68 bits per heavy atom. The molecule has 3 atom stereocenters. The van der Waals surface area contributed by atoms with Gasteiger partial charge in [-0.2, -0.15) is 0 Å². The highest BCUT2D eigenvalue weighted by Gasteiger charge is 2.45. The molecule has 2 aromatic rings. The molecular weight excluding hydrogens is 360 g/mol. The summed E-state index contributed by atoms with van der Waals surface area (Å²) < 4.78 is 29.1. The highest BCUT2D eigenvalue weighted by molar-refractivity contribution is 6.06. The van der Waals surface area contributed by atoms with Gasteiger partial charge in [-0.05, 0) is 30.7 Å². The van der Waals surface area contributed by atoms with E-state index in [1.807, 2.05) is 19.1 Å². The third-order valence-corrected chi connectivity index (χ3v) is 5.86. The minimum absolute atomic E-state index is 0.0382. The summed E-state index contributed by atoms with van der Waals surface area (Å²) >= 11 is 0. The van der Waals surface area contributed by atoms with Crippen LogP contribution in [-0.4, -0.2) is 31.4 Å². The van der Waals surface area contributed by atoms with Crippen molar-refractivity contribution < 1.29 is 28.5 Å². The summed E-state index contributed by atoms with van der Waals surface area (Å²) in [4.78, 5) is 13.5. The van der Waals surface area contributed by atoms with Crippen molar-refractivity contribution >= 4 is 5.78 Å². The lowest BCUT2D eigenvalue weighted by Crippen LogP contribution is -2.43. The molecule has 0 aromatic heterocycles. The van der Waals surface area contributed by atoms with Gasteiger partial charge in [0.2, 0.25) is 6.79 Å². The first-order valence-electron chi connectivity index (χ1n) is 9.35. The third kappa shape index (κ3) is 2.06. The number of rotatable bonds is 1. The van der Waals surface area contributed by atoms with Gasteiger partial charge < -0.3 is 23.7 Å². The van der Waals surface area contributed by atoms with Gasteiger partial charge in [-0.3, -0.25) is 4.79 Å². The largest absolute Gasteiger partial charge is 0.489 e. The van der Waals surface area contributed by atoms with Crippen LogP contribution in [0.25, 0.3) is 0 Å². The van der Waals surface area contributed by atoms with Crippen LogP contribution in [-0.2, 0) is 6.42 Å². The van der Waals surface area contributed by atoms with Gasteiger partial charge >= 0.3 is 0 Å². The molecule has 0 saturated carbocycles. The summed E-state index contributed by atoms with van der Waals surface area (Å²) in [5.74, 6) is 2.92. The van der Waals surface area contributed by atoms with E-state index in [9.17, 15) is 4.79 Å². The van der Waals surface area contributed by atoms with E-state index in [-0.39, 0.29) is 24.8 Å². The van der Waals surface area contributed by atoms with E-state index >= 15 is 0 Å². The van der Waals surface area contributed by atoms with Crippen molar-refractivity contribution in [1.82, 2.24) is 0 Å². The van der Waals surface area contributed by atoms with E-state index in [1.165, 1.54) is 0 Å². The Hall–Kier alpha value is -3.15. The molecular formula is C22H18O6. The van der Waals surface area contributed by atoms with Crippen LogP contribution in [0.4, 0.5) is 0 Å². The zero-order valence-corrected chi connectivity index (χ0v) is 15.3. The number of hydrogen-bond acceptors (Lipinski definition) is 6. The summed E-state index contributed by atoms with van der Waals surface area (Å²) in [6.07, 6.45) is 0.193. The standard InChI is InChI=1S/C22H18O6/c1-10(2)15-6-13-14(27-15)4-3-11-21(23)20-12-5-17-18(26-9-25-17)7-16(12)24-8-19(20)28-22(11)13/h3-5,7,15,19-20H,1,6,8-9H2,2H3/t15-,19-,20+/m1/s1. The molecule has 4 heterocycles. The van der Waals surface area contributed by atoms with Crippen LogP contribution in [0.1, 0.15) is 34.3 Å². The maximum atomic E-state index is 13.5. The Kier molecular flexibility index (Phi) is 3.08. The molecule has 0 radical (unpaired) electrons. The van der Waals surface area contributed by atoms with Crippen LogP contribution < -0.4 is 23.7 Å². The Morgan fingerprint density at radius 1 is 1.04 bits per heavy atom. The van der Waals surface area contributed by atoms with Crippen molar-refractivity contribution in [3.8, 4) is 28.7 Å². The smallest absolute Gasteiger partial charge is 0.231 e. The number of Topliss-reactive ketones (excluding diaryl/α,β-unsaturated/α-hetero) is 1. The Balaban J connectivity index is 1.44. The number of fused-ring (bicyclic) bond motifs is 7. The number of ketones is 1. The second kappa shape index (κ2) is 5.44. The number of hydrogen-bond donors (Lipinski definition) is 0. The van der Waals surface area contributed by atoms with Crippen LogP contribution in [0.3, 0.4) is 0 Å². The molecule has 0 spiro atoms. The van der Waals surface area contributed by atoms with Gasteiger partial charge in [0.05, 0.1) is 11.5 Å². The number of ether oxygens (including phenoxy) is 5. The molecule has 6 rings (SSSR count). The van der Waals surface area contributed by atoms with E-state index in [1.54, 1.807) is 12.1 Å². The van der Waals surface area contributed by atoms with Gasteiger partial charge in [-0.25, -0.2) is 0 Å². The lowest BCUT2D eigenvalue weighted by Gasteiger charge is -2.37. The Labute approximate surface area is 161 Å². The average molecular weight is 378 g/mol. The predicted octanol–water partition coefficient (Wildman–Crippen LogP) is 3.41. The van der Waals surface area contributed by atoms with Crippen molar-refractivity contribution in [2.24, 2.45) is 0 Å². The maximum Gasteiger partial charge on any atom is 0.231 e. The molecule has 0 aliphatic carbocycles. The monoisotopic (exact) mass is 378 g/mol. The molecule has 0 amide bonds. The van der Waals surface area contributed by atoms with Crippen LogP contribution in [0.15, 0.2) is 36.4 Å². The van der Waals surface area contributed by atoms with Crippen molar-refractivity contribution in [3.63, 3.8) is 0 Å². The normalized spacial score (nSPS) is 25.5. The van der Waals surface area contributed by atoms with Gasteiger partial charge in [-0.15, -0.1) is 0 Å². The Bertz CT molecular complexity index is 1060. The number of carbonyl (C=O) groups excluding carboxylic acids is 1. The molecule has 6 heteroatoms. The number of carbonyl (C=O) groups is 1. The molecule has 0 bridgehead atoms. The predicted molar refractivity (Wildman–Crippen MR) is 98.9 cm³/mol. The van der Waals surface area contributed by atoms with Crippen molar-refractivity contribution in [2.45, 2.75) is 31.5 Å². The first kappa shape index (κ1) is 15.9. The fraction of sp³-hybridized carbons (Fsp3) is 0.318. The van der Waals surface area contributed by atoms with Crippen LogP contribution >= 0.6 is 0 Å². The summed E-state index contributed by atoms with van der Waals surface area (Å²) in [7, 11) is 0. The molecule has 2 aromatic carbocycles. The first-order chi connectivity index (χ1) is 13.6. The molecule has 0 saturated heterocycles. The quantitative estimate of drug-likeness (QED) is 0.709. The molecule has 0 fully saturated rings. The molecule has 28 heavy (non-hydrogen) atoms. The van der Waals surface area contributed by atoms with Gasteiger partial charge in [0.1, 0.15) is 36.1 Å². The van der Waals surface area contributed by atoms with Gasteiger partial charge in [0, 0.05) is 23.6 Å². The average Bonchev–Trinajstić information content (AvgIpc) is 3.32. The minimum atomic E-state index is -0.428. The zero-order chi connectivity index (χ0) is 19.0. The second-order valence-electron chi connectivity index (χ2n) is 7.63. The summed E-state index contributed by atoms with van der Waals surface area (Å²) in [6, 6.07) is 7.30. The van der Waals surface area contributed by atoms with E-state index < -0.39 is 5.92 Å². The number of benzene rings is 2. The highest BCUT2D eigenvalue weighted by Crippen LogP contribution is 2.50. The molecule has 0 N–H and O–H groups in total. The lowest BCUT2D eigenvalue weighted by molar-refractivity contribution is 0.0556. The fourth-order valence-electron chi connectivity index (χ4n) is 4.40. The van der Waals surface area contributed by atoms with Gasteiger partial charge in [0.25, 0.3) is 0 Å². The fourth-order valence-corrected chi connectivity index (χ4v) is 4.40. The van der Waals surface area contributed by atoms with Crippen molar-refractivity contribution in [3.05, 3.63) is 53.1 Å². The third-order valence-electron chi connectivity index (χ3n) is 5.86. The minimum Gasteiger partial charge on any atom is -0.489 e. The van der Waals surface area contributed by atoms with Gasteiger partial charge in [-0.1, -0.05) is 6.58 Å². The molecule has 0 unspecified atom stereocenters. The SMILES string of the molecule is C=C(C)[C@H]1Cc2c(ccc3c2O[C@@H]2COc4cc5c(cc4[C@@H]2C3=O)OCO5)O1. The van der Waals surface area contributed by atoms with E-state index in [0.717, 1.165) is 22.4 Å². The summed E-state index contributed by atoms with van der Waals surface area (Å²) in [5, 5.41) is 0. The van der Waals surface area contributed by atoms with E-state index in [0.29, 0.717) is 41.6 Å². The molecule has 6 nitrogen and oxygen atoms in total. The Morgan fingerprint density at radius 2 is 1.86 bits per heavy atom. The topological polar surface area (TPSA) is 63.2 Å². The van der Waals surface area contributed by atoms with E-state index in [2.05, 4.69) is 6.58 Å². The van der Waals surface area contributed by atoms with Crippen LogP contribution in [0, 0.1) is 0 Å². The zero-order valence-electron chi connectivity index (χ0n) is 15.3. The van der Waals surface area contributed by atoms with Crippen molar-refractivity contribution in [2.75, 3.05) is 13.4 Å². The second-order valence-corrected chi connectivity index (χ2v) is 7.63. The van der Waals surface area contributed by atoms with Crippen molar-refractivity contribution in [1.29, 1.82) is 0 Å². The van der Waals surface area contributed by atoms with E-state index in [4.69, 9.17) is 23.7 Å². The summed E-state index contributed by atoms with van der Waals surface area (Å²) in [5.41, 5.74) is 3.27. The first-order valence-corrected chi connectivity index (χ1v) is 9.35. The molecule has 4 aliphatic rings. The molecule has 142 valence electrons. The maximum absolute atomic E-state index is 13.5. The summed E-state index contributed by atoms with van der Waals surface area (Å²) in [6.45, 7) is 6.42. The van der Waals surface area contributed by atoms with Crippen LogP contribution in [0.5, 0.6) is 28.7 Å². The highest BCUT2D eigenvalue weighted by atomic mass is 16.7. The molecule has 4 aliphatic heterocycles. The van der Waals surface area contributed by atoms with Crippen LogP contribution in [0.2, 0.25) is 0 Å².